The minimum absolute atomic E-state index is 0.0124. The summed E-state index contributed by atoms with van der Waals surface area (Å²) in [5, 5.41) is 3.21. The lowest BCUT2D eigenvalue weighted by Gasteiger charge is -2.25. The van der Waals surface area contributed by atoms with E-state index in [2.05, 4.69) is 15.2 Å². The van der Waals surface area contributed by atoms with E-state index in [0.717, 1.165) is 40.8 Å². The third-order valence-electron chi connectivity index (χ3n) is 8.57. The Balaban J connectivity index is 1.14. The first kappa shape index (κ1) is 28.4. The zero-order valence-corrected chi connectivity index (χ0v) is 24.8. The molecule has 0 radical (unpaired) electrons. The second-order valence-electron chi connectivity index (χ2n) is 11.9. The Morgan fingerprint density at radius 1 is 0.977 bits per heavy atom. The highest BCUT2D eigenvalue weighted by Crippen LogP contribution is 2.34. The molecule has 8 rings (SSSR count). The van der Waals surface area contributed by atoms with E-state index >= 15 is 0 Å². The lowest BCUT2D eigenvalue weighted by Crippen LogP contribution is -2.49. The highest BCUT2D eigenvalue weighted by Gasteiger charge is 2.37. The summed E-state index contributed by atoms with van der Waals surface area (Å²) >= 11 is 0. The third-order valence-corrected chi connectivity index (χ3v) is 8.57. The van der Waals surface area contributed by atoms with E-state index < -0.39 is 0 Å². The zero-order valence-electron chi connectivity index (χ0n) is 24.8. The van der Waals surface area contributed by atoms with Gasteiger partial charge in [0.2, 0.25) is 11.8 Å². The van der Waals surface area contributed by atoms with Gasteiger partial charge in [0.05, 0.1) is 50.0 Å². The van der Waals surface area contributed by atoms with Crippen molar-refractivity contribution in [2.24, 2.45) is 0 Å². The van der Waals surface area contributed by atoms with Crippen molar-refractivity contribution < 1.29 is 23.8 Å². The summed E-state index contributed by atoms with van der Waals surface area (Å²) in [5.41, 5.74) is 3.86. The minimum Gasteiger partial charge on any atom is -0.493 e. The molecule has 4 aliphatic rings. The number of nitrogens with zero attached hydrogens (tertiary/aromatic N) is 3. The maximum Gasteiger partial charge on any atom is 0.239 e. The first-order chi connectivity index (χ1) is 21.5. The van der Waals surface area contributed by atoms with Crippen LogP contribution in [0.2, 0.25) is 0 Å². The van der Waals surface area contributed by atoms with E-state index in [1.807, 2.05) is 66.7 Å². The number of nitrogens with one attached hydrogen (secondary N) is 2. The van der Waals surface area contributed by atoms with Crippen molar-refractivity contribution in [1.29, 1.82) is 0 Å². The number of carbonyl (C=O) groups excluding carboxylic acids is 2. The number of likely N-dealkylation sites (tertiary alicyclic amines) is 1. The number of imidazole rings is 1. The Labute approximate surface area is 256 Å². The van der Waals surface area contributed by atoms with E-state index in [1.54, 1.807) is 12.0 Å². The summed E-state index contributed by atoms with van der Waals surface area (Å²) in [6.45, 7) is 2.26. The molecule has 2 fully saturated rings. The first-order valence-electron chi connectivity index (χ1n) is 15.3. The van der Waals surface area contributed by atoms with Crippen LogP contribution in [0, 0.1) is 0 Å². The highest BCUT2D eigenvalue weighted by molar-refractivity contribution is 5.85. The average Bonchev–Trinajstić information content (AvgIpc) is 3.68. The van der Waals surface area contributed by atoms with E-state index in [0.29, 0.717) is 56.3 Å². The molecule has 1 aliphatic carbocycles. The maximum atomic E-state index is 13.4. The number of fused-ring (bicyclic) bond motifs is 10. The van der Waals surface area contributed by atoms with Crippen molar-refractivity contribution >= 4 is 22.8 Å². The van der Waals surface area contributed by atoms with Gasteiger partial charge in [-0.25, -0.2) is 4.98 Å². The number of carbonyl (C=O) groups is 2. The number of methoxy groups -OCH3 is 1. The Hall–Kier alpha value is -4.41. The number of rotatable bonds is 4. The molecule has 3 aromatic carbocycles. The van der Waals surface area contributed by atoms with Crippen LogP contribution in [0.4, 0.5) is 0 Å². The molecule has 3 aliphatic heterocycles. The van der Waals surface area contributed by atoms with Crippen LogP contribution in [0.1, 0.15) is 36.2 Å². The molecule has 2 N–H and O–H groups in total. The van der Waals surface area contributed by atoms with Crippen molar-refractivity contribution in [2.75, 3.05) is 26.7 Å². The van der Waals surface area contributed by atoms with E-state index in [9.17, 15) is 9.59 Å². The lowest BCUT2D eigenvalue weighted by atomic mass is 10.1. The molecule has 2 amide bonds. The number of aromatic nitrogens is 2. The monoisotopic (exact) mass is 595 g/mol. The van der Waals surface area contributed by atoms with Crippen LogP contribution in [-0.4, -0.2) is 76.5 Å². The quantitative estimate of drug-likeness (QED) is 0.364. The number of para-hydroxylation sites is 2. The van der Waals surface area contributed by atoms with Crippen LogP contribution in [0.15, 0.2) is 66.7 Å². The molecule has 0 spiro atoms. The van der Waals surface area contributed by atoms with Gasteiger partial charge in [-0.1, -0.05) is 30.3 Å². The van der Waals surface area contributed by atoms with Gasteiger partial charge in [0, 0.05) is 25.6 Å². The number of hydrogen-bond acceptors (Lipinski definition) is 7. The summed E-state index contributed by atoms with van der Waals surface area (Å²) in [5.74, 6) is 2.58. The van der Waals surface area contributed by atoms with Crippen LogP contribution in [-0.2, 0) is 33.9 Å². The SMILES string of the molecule is COc1cc2ccc1Oc1cccc(c1)CO[C@H]1CN(Cc3nc4ccccc4[nH]3)C[C@@H]1NC(=O)CN(C1CC1)C(=O)CC2. The summed E-state index contributed by atoms with van der Waals surface area (Å²) in [4.78, 5) is 38.9. The standard InChI is InChI=1S/C34H37N5O5/c1-42-30-16-22-9-13-29(30)44-25-6-4-5-23(15-25)21-43-31-18-38(19-32-35-26-7-2-3-8-27(26)36-32)17-28(31)37-33(40)20-39(24-11-12-24)34(41)14-10-22/h2-9,13,15-16,24,28,31H,10-12,14,17-21H2,1H3,(H,35,36)(H,37,40)/t28-,31-/m0/s1. The Morgan fingerprint density at radius 2 is 1.86 bits per heavy atom. The van der Waals surface area contributed by atoms with E-state index in [1.165, 1.54) is 0 Å². The zero-order chi connectivity index (χ0) is 30.0. The lowest BCUT2D eigenvalue weighted by molar-refractivity contribution is -0.137. The second kappa shape index (κ2) is 12.3. The molecule has 44 heavy (non-hydrogen) atoms. The third kappa shape index (κ3) is 6.41. The smallest absolute Gasteiger partial charge is 0.239 e. The van der Waals surface area contributed by atoms with Crippen molar-refractivity contribution in [3.63, 3.8) is 0 Å². The number of hydrogen-bond donors (Lipinski definition) is 2. The molecule has 1 aromatic heterocycles. The predicted octanol–water partition coefficient (Wildman–Crippen LogP) is 4.19. The topological polar surface area (TPSA) is 109 Å². The summed E-state index contributed by atoms with van der Waals surface area (Å²) in [6, 6.07) is 21.4. The van der Waals surface area contributed by atoms with Crippen molar-refractivity contribution in [3.8, 4) is 17.2 Å². The number of H-pyrrole nitrogens is 1. The molecule has 0 unspecified atom stereocenters. The predicted molar refractivity (Wildman–Crippen MR) is 164 cm³/mol. The maximum absolute atomic E-state index is 13.4. The summed E-state index contributed by atoms with van der Waals surface area (Å²) < 4.78 is 18.3. The van der Waals surface area contributed by atoms with Crippen molar-refractivity contribution in [3.05, 3.63) is 83.7 Å². The highest BCUT2D eigenvalue weighted by atomic mass is 16.5. The van der Waals surface area contributed by atoms with Gasteiger partial charge in [0.1, 0.15) is 11.6 Å². The Bertz CT molecular complexity index is 1630. The van der Waals surface area contributed by atoms with Gasteiger partial charge in [0.25, 0.3) is 0 Å². The van der Waals surface area contributed by atoms with Gasteiger partial charge in [-0.15, -0.1) is 0 Å². The molecule has 228 valence electrons. The normalized spacial score (nSPS) is 21.7. The van der Waals surface area contributed by atoms with Crippen molar-refractivity contribution in [1.82, 2.24) is 25.1 Å². The molecule has 1 saturated heterocycles. The number of benzene rings is 3. The average molecular weight is 596 g/mol. The fourth-order valence-electron chi connectivity index (χ4n) is 6.17. The molecule has 4 aromatic rings. The largest absolute Gasteiger partial charge is 0.493 e. The fraction of sp³-hybridized carbons (Fsp3) is 0.382. The first-order valence-corrected chi connectivity index (χ1v) is 15.3. The molecule has 1 saturated carbocycles. The van der Waals surface area contributed by atoms with Crippen LogP contribution >= 0.6 is 0 Å². The van der Waals surface area contributed by atoms with Gasteiger partial charge in [0.15, 0.2) is 11.5 Å². The molecule has 10 heteroatoms. The van der Waals surface area contributed by atoms with E-state index in [-0.39, 0.29) is 36.5 Å². The molecule has 4 bridgehead atoms. The molecule has 2 atom stereocenters. The fourth-order valence-corrected chi connectivity index (χ4v) is 6.17. The molecular formula is C34H37N5O5. The second-order valence-corrected chi connectivity index (χ2v) is 11.9. The van der Waals surface area contributed by atoms with E-state index in [4.69, 9.17) is 19.2 Å². The van der Waals surface area contributed by atoms with Gasteiger partial charge in [-0.2, -0.15) is 0 Å². The van der Waals surface area contributed by atoms with Gasteiger partial charge < -0.3 is 29.4 Å². The van der Waals surface area contributed by atoms with Crippen molar-refractivity contribution in [2.45, 2.75) is 57.0 Å². The van der Waals surface area contributed by atoms with Gasteiger partial charge in [-0.3, -0.25) is 14.5 Å². The molecule has 10 nitrogen and oxygen atoms in total. The number of aryl methyl sites for hydroxylation is 1. The van der Waals surface area contributed by atoms with Crippen LogP contribution in [0.5, 0.6) is 17.2 Å². The molecule has 4 heterocycles. The van der Waals surface area contributed by atoms with Crippen LogP contribution < -0.4 is 14.8 Å². The molecular weight excluding hydrogens is 558 g/mol. The summed E-state index contributed by atoms with van der Waals surface area (Å²) in [7, 11) is 1.61. The minimum atomic E-state index is -0.243. The Morgan fingerprint density at radius 3 is 2.70 bits per heavy atom. The Kier molecular flexibility index (Phi) is 7.93. The summed E-state index contributed by atoms with van der Waals surface area (Å²) in [6.07, 6.45) is 2.48. The van der Waals surface area contributed by atoms with Gasteiger partial charge >= 0.3 is 0 Å². The number of amides is 2. The number of ether oxygens (including phenoxy) is 3. The van der Waals surface area contributed by atoms with Crippen LogP contribution in [0.3, 0.4) is 0 Å². The number of aromatic amines is 1. The van der Waals surface area contributed by atoms with Gasteiger partial charge in [-0.05, 0) is 66.8 Å². The van der Waals surface area contributed by atoms with Crippen LogP contribution in [0.25, 0.3) is 11.0 Å².